The molecule has 0 atom stereocenters. The van der Waals surface area contributed by atoms with Gasteiger partial charge in [0.15, 0.2) is 5.65 Å². The lowest BCUT2D eigenvalue weighted by atomic mass is 9.94. The predicted octanol–water partition coefficient (Wildman–Crippen LogP) is 4.73. The van der Waals surface area contributed by atoms with Crippen LogP contribution in [-0.2, 0) is 9.47 Å². The van der Waals surface area contributed by atoms with Crippen LogP contribution in [0, 0.1) is 34.6 Å². The third-order valence-corrected chi connectivity index (χ3v) is 5.83. The van der Waals surface area contributed by atoms with Crippen LogP contribution in [0.1, 0.15) is 34.1 Å². The van der Waals surface area contributed by atoms with Gasteiger partial charge in [0.1, 0.15) is 5.65 Å². The van der Waals surface area contributed by atoms with E-state index in [4.69, 9.17) is 19.6 Å². The van der Waals surface area contributed by atoms with Gasteiger partial charge < -0.3 is 14.0 Å². The normalized spacial score (nSPS) is 12.0. The summed E-state index contributed by atoms with van der Waals surface area (Å²) in [6.45, 7) is 11.7. The van der Waals surface area contributed by atoms with Gasteiger partial charge in [-0.3, -0.25) is 0 Å². The van der Waals surface area contributed by atoms with Crippen molar-refractivity contribution in [2.24, 2.45) is 0 Å². The van der Waals surface area contributed by atoms with Crippen LogP contribution in [0.4, 0.5) is 0 Å². The first kappa shape index (κ1) is 20.6. The summed E-state index contributed by atoms with van der Waals surface area (Å²) in [7, 11) is 3.44. The van der Waals surface area contributed by atoms with Crippen molar-refractivity contribution in [2.75, 3.05) is 27.4 Å². The molecule has 0 aliphatic carbocycles. The molecule has 6 nitrogen and oxygen atoms in total. The van der Waals surface area contributed by atoms with Crippen LogP contribution in [0.3, 0.4) is 0 Å². The van der Waals surface area contributed by atoms with E-state index < -0.39 is 0 Å². The number of fused-ring (bicyclic) bond motifs is 3. The Balaban J connectivity index is 2.06. The van der Waals surface area contributed by atoms with E-state index in [1.165, 1.54) is 22.3 Å². The molecule has 0 saturated carbocycles. The second-order valence-corrected chi connectivity index (χ2v) is 8.19. The van der Waals surface area contributed by atoms with Crippen LogP contribution in [0.2, 0.25) is 0 Å². The summed E-state index contributed by atoms with van der Waals surface area (Å²) in [6.07, 6.45) is 2.08. The quantitative estimate of drug-likeness (QED) is 0.465. The number of ether oxygens (including phenoxy) is 2. The second-order valence-electron chi connectivity index (χ2n) is 8.19. The van der Waals surface area contributed by atoms with Crippen LogP contribution >= 0.6 is 0 Å². The molecule has 0 radical (unpaired) electrons. The molecule has 0 amide bonds. The molecule has 4 rings (SSSR count). The molecule has 3 aromatic heterocycles. The van der Waals surface area contributed by atoms with Crippen molar-refractivity contribution in [1.82, 2.24) is 19.2 Å². The minimum absolute atomic E-state index is 0.0540. The Morgan fingerprint density at radius 2 is 1.53 bits per heavy atom. The molecule has 30 heavy (non-hydrogen) atoms. The van der Waals surface area contributed by atoms with Crippen LogP contribution in [0.25, 0.3) is 27.8 Å². The van der Waals surface area contributed by atoms with E-state index in [9.17, 15) is 0 Å². The molecule has 0 aliphatic heterocycles. The molecule has 0 aliphatic rings. The minimum atomic E-state index is 0.0540. The molecule has 0 bridgehead atoms. The molecule has 0 fully saturated rings. The SMILES string of the molecule is COCC(COC)n1ccc2c(C)nc3c(-c4c(C)cc(C)cc4C)c(C)nn3c21. The summed E-state index contributed by atoms with van der Waals surface area (Å²) < 4.78 is 15.1. The molecule has 3 heterocycles. The number of hydrogen-bond donors (Lipinski definition) is 0. The minimum Gasteiger partial charge on any atom is -0.382 e. The van der Waals surface area contributed by atoms with Crippen molar-refractivity contribution < 1.29 is 9.47 Å². The zero-order valence-electron chi connectivity index (χ0n) is 18.9. The average Bonchev–Trinajstić information content (AvgIpc) is 3.24. The summed E-state index contributed by atoms with van der Waals surface area (Å²) in [5.41, 5.74) is 9.98. The van der Waals surface area contributed by atoms with Gasteiger partial charge >= 0.3 is 0 Å². The largest absolute Gasteiger partial charge is 0.382 e. The zero-order chi connectivity index (χ0) is 21.6. The summed E-state index contributed by atoms with van der Waals surface area (Å²) in [4.78, 5) is 4.99. The lowest BCUT2D eigenvalue weighted by Gasteiger charge is -2.19. The van der Waals surface area contributed by atoms with Gasteiger partial charge in [-0.2, -0.15) is 9.61 Å². The van der Waals surface area contributed by atoms with E-state index >= 15 is 0 Å². The van der Waals surface area contributed by atoms with Crippen LogP contribution in [0.5, 0.6) is 0 Å². The summed E-state index contributed by atoms with van der Waals surface area (Å²) >= 11 is 0. The summed E-state index contributed by atoms with van der Waals surface area (Å²) in [5, 5.41) is 6.04. The standard InChI is InChI=1S/C24H30N4O2/c1-14-10-15(2)21(16(3)11-14)22-18(5)26-28-23(22)25-17(4)20-8-9-27(24(20)28)19(12-29-6)13-30-7/h8-11,19H,12-13H2,1-7H3. The molecular formula is C24H30N4O2. The third kappa shape index (κ3) is 3.20. The van der Waals surface area contributed by atoms with Crippen molar-refractivity contribution in [3.8, 4) is 11.1 Å². The lowest BCUT2D eigenvalue weighted by Crippen LogP contribution is -2.20. The van der Waals surface area contributed by atoms with Gasteiger partial charge in [0.2, 0.25) is 0 Å². The van der Waals surface area contributed by atoms with Crippen LogP contribution < -0.4 is 0 Å². The summed E-state index contributed by atoms with van der Waals surface area (Å²) in [5.74, 6) is 0. The lowest BCUT2D eigenvalue weighted by molar-refractivity contribution is 0.0910. The fourth-order valence-corrected chi connectivity index (χ4v) is 4.69. The molecular weight excluding hydrogens is 376 g/mol. The van der Waals surface area contributed by atoms with Crippen LogP contribution in [0.15, 0.2) is 24.4 Å². The Hall–Kier alpha value is -2.70. The number of aryl methyl sites for hydroxylation is 5. The fraction of sp³-hybridized carbons (Fsp3) is 0.417. The van der Waals surface area contributed by atoms with Crippen molar-refractivity contribution in [3.05, 3.63) is 52.5 Å². The number of rotatable bonds is 6. The van der Waals surface area contributed by atoms with Crippen molar-refractivity contribution in [3.63, 3.8) is 0 Å². The highest BCUT2D eigenvalue weighted by Crippen LogP contribution is 2.35. The molecule has 6 heteroatoms. The Morgan fingerprint density at radius 1 is 0.900 bits per heavy atom. The predicted molar refractivity (Wildman–Crippen MR) is 120 cm³/mol. The monoisotopic (exact) mass is 406 g/mol. The second kappa shape index (κ2) is 7.85. The van der Waals surface area contributed by atoms with E-state index in [0.29, 0.717) is 13.2 Å². The van der Waals surface area contributed by atoms with Gasteiger partial charge in [-0.25, -0.2) is 4.98 Å². The first-order valence-electron chi connectivity index (χ1n) is 10.3. The number of hydrogen-bond acceptors (Lipinski definition) is 4. The molecule has 0 N–H and O–H groups in total. The van der Waals surface area contributed by atoms with Gasteiger partial charge in [0, 0.05) is 25.8 Å². The highest BCUT2D eigenvalue weighted by Gasteiger charge is 2.23. The first-order valence-corrected chi connectivity index (χ1v) is 10.3. The molecule has 1 aromatic carbocycles. The van der Waals surface area contributed by atoms with Gasteiger partial charge in [0.25, 0.3) is 0 Å². The van der Waals surface area contributed by atoms with Gasteiger partial charge in [-0.15, -0.1) is 0 Å². The van der Waals surface area contributed by atoms with Crippen molar-refractivity contribution in [1.29, 1.82) is 0 Å². The van der Waals surface area contributed by atoms with Crippen molar-refractivity contribution in [2.45, 2.75) is 40.7 Å². The molecule has 158 valence electrons. The maximum absolute atomic E-state index is 5.47. The number of benzene rings is 1. The number of methoxy groups -OCH3 is 2. The highest BCUT2D eigenvalue weighted by atomic mass is 16.5. The third-order valence-electron chi connectivity index (χ3n) is 5.83. The van der Waals surface area contributed by atoms with E-state index in [1.54, 1.807) is 14.2 Å². The molecule has 4 aromatic rings. The highest BCUT2D eigenvalue weighted by molar-refractivity contribution is 5.89. The maximum atomic E-state index is 5.47. The Kier molecular flexibility index (Phi) is 5.38. The molecule has 0 spiro atoms. The molecule has 0 saturated heterocycles. The van der Waals surface area contributed by atoms with E-state index in [2.05, 4.69) is 63.6 Å². The number of nitrogens with zero attached hydrogens (tertiary/aromatic N) is 4. The Morgan fingerprint density at radius 3 is 2.13 bits per heavy atom. The topological polar surface area (TPSA) is 53.6 Å². The smallest absolute Gasteiger partial charge is 0.165 e. The number of aromatic nitrogens is 4. The van der Waals surface area contributed by atoms with Gasteiger partial charge in [0.05, 0.1) is 36.2 Å². The van der Waals surface area contributed by atoms with E-state index in [0.717, 1.165) is 33.6 Å². The van der Waals surface area contributed by atoms with E-state index in [1.807, 2.05) is 4.52 Å². The van der Waals surface area contributed by atoms with Gasteiger partial charge in [-0.1, -0.05) is 17.7 Å². The fourth-order valence-electron chi connectivity index (χ4n) is 4.69. The van der Waals surface area contributed by atoms with Gasteiger partial charge in [-0.05, 0) is 57.4 Å². The summed E-state index contributed by atoms with van der Waals surface area (Å²) in [6, 6.07) is 6.62. The first-order chi connectivity index (χ1) is 14.4. The Labute approximate surface area is 177 Å². The maximum Gasteiger partial charge on any atom is 0.165 e. The molecule has 0 unspecified atom stereocenters. The van der Waals surface area contributed by atoms with Crippen molar-refractivity contribution >= 4 is 16.7 Å². The van der Waals surface area contributed by atoms with Crippen LogP contribution in [-0.4, -0.2) is 46.6 Å². The zero-order valence-corrected chi connectivity index (χ0v) is 18.9. The Bertz CT molecular complexity index is 1210. The van der Waals surface area contributed by atoms with E-state index in [-0.39, 0.29) is 6.04 Å². The average molecular weight is 407 g/mol.